The summed E-state index contributed by atoms with van der Waals surface area (Å²) < 4.78 is 0. The minimum absolute atomic E-state index is 0.196. The third-order valence-corrected chi connectivity index (χ3v) is 2.10. The van der Waals surface area contributed by atoms with Gasteiger partial charge in [-0.1, -0.05) is 13.8 Å². The van der Waals surface area contributed by atoms with E-state index in [1.54, 1.807) is 0 Å². The van der Waals surface area contributed by atoms with E-state index >= 15 is 0 Å². The van der Waals surface area contributed by atoms with E-state index in [0.29, 0.717) is 0 Å². The summed E-state index contributed by atoms with van der Waals surface area (Å²) in [5.74, 6) is 0.219. The molecule has 1 atom stereocenters. The first-order valence-electron chi connectivity index (χ1n) is 5.39. The molecule has 6 nitrogen and oxygen atoms in total. The summed E-state index contributed by atoms with van der Waals surface area (Å²) in [7, 11) is 0. The van der Waals surface area contributed by atoms with Crippen molar-refractivity contribution in [1.29, 1.82) is 0 Å². The maximum Gasteiger partial charge on any atom is 0.341 e. The van der Waals surface area contributed by atoms with Crippen molar-refractivity contribution in [2.45, 2.75) is 46.3 Å². The fraction of sp³-hybridized carbons (Fsp3) is 0.800. The highest BCUT2D eigenvalue weighted by Gasteiger charge is 2.35. The van der Waals surface area contributed by atoms with E-state index in [2.05, 4.69) is 16.1 Å². The van der Waals surface area contributed by atoms with Gasteiger partial charge in [0.2, 0.25) is 0 Å². The number of nitrogens with one attached hydrogen (secondary N) is 3. The molecule has 0 spiro atoms. The molecule has 1 aliphatic rings. The molecule has 6 heteroatoms. The summed E-state index contributed by atoms with van der Waals surface area (Å²) in [5.41, 5.74) is 2.46. The van der Waals surface area contributed by atoms with Crippen LogP contribution in [0.4, 0.5) is 9.59 Å². The molecule has 0 radical (unpaired) electrons. The highest BCUT2D eigenvalue weighted by Crippen LogP contribution is 2.08. The standard InChI is InChI=1S/C10H20N4O2/c1-6(2)7-11-8(15)14(13-7)9(16)12-10(3,4)5/h6-7,13H,1-5H3,(H,11,15)(H,12,16). The fourth-order valence-corrected chi connectivity index (χ4v) is 1.27. The normalized spacial score (nSPS) is 21.2. The zero-order valence-corrected chi connectivity index (χ0v) is 10.4. The monoisotopic (exact) mass is 228 g/mol. The first-order chi connectivity index (χ1) is 7.20. The Kier molecular flexibility index (Phi) is 3.42. The van der Waals surface area contributed by atoms with Crippen molar-refractivity contribution in [3.63, 3.8) is 0 Å². The molecule has 1 aliphatic heterocycles. The summed E-state index contributed by atoms with van der Waals surface area (Å²) in [5, 5.41) is 6.38. The molecule has 0 aromatic heterocycles. The number of hydrogen-bond acceptors (Lipinski definition) is 3. The van der Waals surface area contributed by atoms with E-state index < -0.39 is 12.1 Å². The van der Waals surface area contributed by atoms with E-state index in [-0.39, 0.29) is 17.6 Å². The zero-order valence-electron chi connectivity index (χ0n) is 10.4. The number of rotatable bonds is 1. The van der Waals surface area contributed by atoms with Crippen LogP contribution >= 0.6 is 0 Å². The molecule has 1 unspecified atom stereocenters. The zero-order chi connectivity index (χ0) is 12.5. The number of urea groups is 2. The van der Waals surface area contributed by atoms with Crippen LogP contribution in [0.5, 0.6) is 0 Å². The Morgan fingerprint density at radius 3 is 2.38 bits per heavy atom. The topological polar surface area (TPSA) is 73.5 Å². The van der Waals surface area contributed by atoms with Crippen LogP contribution in [0.2, 0.25) is 0 Å². The summed E-state index contributed by atoms with van der Waals surface area (Å²) in [6, 6.07) is -0.853. The van der Waals surface area contributed by atoms with Crippen LogP contribution < -0.4 is 16.1 Å². The number of hydrogen-bond donors (Lipinski definition) is 3. The molecule has 1 rings (SSSR count). The molecule has 1 saturated heterocycles. The predicted molar refractivity (Wildman–Crippen MR) is 60.4 cm³/mol. The van der Waals surface area contributed by atoms with Gasteiger partial charge in [-0.25, -0.2) is 9.59 Å². The second-order valence-corrected chi connectivity index (χ2v) is 5.32. The predicted octanol–water partition coefficient (Wildman–Crippen LogP) is 1.01. The van der Waals surface area contributed by atoms with Crippen LogP contribution in [0.25, 0.3) is 0 Å². The molecule has 1 heterocycles. The number of imide groups is 1. The van der Waals surface area contributed by atoms with Gasteiger partial charge >= 0.3 is 12.1 Å². The lowest BCUT2D eigenvalue weighted by Gasteiger charge is -2.24. The SMILES string of the molecule is CC(C)C1NC(=O)N(C(=O)NC(C)(C)C)N1. The molecule has 0 aromatic rings. The van der Waals surface area contributed by atoms with E-state index in [1.807, 2.05) is 34.6 Å². The van der Waals surface area contributed by atoms with Crippen LogP contribution in [-0.2, 0) is 0 Å². The Bertz CT molecular complexity index is 296. The molecular weight excluding hydrogens is 208 g/mol. The number of carbonyl (C=O) groups excluding carboxylic acids is 2. The van der Waals surface area contributed by atoms with Crippen molar-refractivity contribution in [1.82, 2.24) is 21.1 Å². The third kappa shape index (κ3) is 3.10. The van der Waals surface area contributed by atoms with Gasteiger partial charge in [0.05, 0.1) is 0 Å². The van der Waals surface area contributed by atoms with Gasteiger partial charge in [-0.05, 0) is 26.7 Å². The number of hydrazine groups is 1. The van der Waals surface area contributed by atoms with Gasteiger partial charge in [0.1, 0.15) is 6.17 Å². The molecule has 0 saturated carbocycles. The van der Waals surface area contributed by atoms with E-state index in [4.69, 9.17) is 0 Å². The Labute approximate surface area is 95.7 Å². The minimum Gasteiger partial charge on any atom is -0.332 e. The van der Waals surface area contributed by atoms with Gasteiger partial charge < -0.3 is 10.6 Å². The molecule has 0 bridgehead atoms. The van der Waals surface area contributed by atoms with Crippen LogP contribution in [0.1, 0.15) is 34.6 Å². The third-order valence-electron chi connectivity index (χ3n) is 2.10. The second-order valence-electron chi connectivity index (χ2n) is 5.32. The van der Waals surface area contributed by atoms with Crippen LogP contribution in [0.3, 0.4) is 0 Å². The van der Waals surface area contributed by atoms with Gasteiger partial charge in [-0.2, -0.15) is 10.4 Å². The first kappa shape index (κ1) is 12.8. The van der Waals surface area contributed by atoms with Gasteiger partial charge in [0.25, 0.3) is 0 Å². The Morgan fingerprint density at radius 2 is 2.00 bits per heavy atom. The fourth-order valence-electron chi connectivity index (χ4n) is 1.27. The molecule has 1 fully saturated rings. The Hall–Kier alpha value is -1.30. The Morgan fingerprint density at radius 1 is 1.44 bits per heavy atom. The molecular formula is C10H20N4O2. The maximum atomic E-state index is 11.7. The molecule has 3 N–H and O–H groups in total. The molecule has 92 valence electrons. The van der Waals surface area contributed by atoms with Crippen molar-refractivity contribution < 1.29 is 9.59 Å². The minimum atomic E-state index is -0.437. The summed E-state index contributed by atoms with van der Waals surface area (Å²) in [4.78, 5) is 23.2. The number of carbonyl (C=O) groups is 2. The van der Waals surface area contributed by atoms with Gasteiger partial charge in [-0.3, -0.25) is 0 Å². The molecule has 16 heavy (non-hydrogen) atoms. The number of nitrogens with zero attached hydrogens (tertiary/aromatic N) is 1. The van der Waals surface area contributed by atoms with Gasteiger partial charge in [-0.15, -0.1) is 0 Å². The van der Waals surface area contributed by atoms with Crippen molar-refractivity contribution in [3.8, 4) is 0 Å². The van der Waals surface area contributed by atoms with Gasteiger partial charge in [0, 0.05) is 5.54 Å². The second kappa shape index (κ2) is 4.29. The first-order valence-corrected chi connectivity index (χ1v) is 5.39. The Balaban J connectivity index is 2.62. The average molecular weight is 228 g/mol. The highest BCUT2D eigenvalue weighted by molar-refractivity contribution is 5.94. The average Bonchev–Trinajstić information content (AvgIpc) is 2.44. The smallest absolute Gasteiger partial charge is 0.332 e. The summed E-state index contributed by atoms with van der Waals surface area (Å²) in [6.45, 7) is 9.50. The van der Waals surface area contributed by atoms with E-state index in [9.17, 15) is 9.59 Å². The molecule has 0 aliphatic carbocycles. The summed E-state index contributed by atoms with van der Waals surface area (Å²) >= 11 is 0. The summed E-state index contributed by atoms with van der Waals surface area (Å²) in [6.07, 6.45) is -0.196. The van der Waals surface area contributed by atoms with Gasteiger partial charge in [0.15, 0.2) is 0 Å². The van der Waals surface area contributed by atoms with Crippen molar-refractivity contribution >= 4 is 12.1 Å². The van der Waals surface area contributed by atoms with Crippen molar-refractivity contribution in [3.05, 3.63) is 0 Å². The number of amides is 4. The highest BCUT2D eigenvalue weighted by atomic mass is 16.2. The van der Waals surface area contributed by atoms with Crippen molar-refractivity contribution in [2.24, 2.45) is 5.92 Å². The largest absolute Gasteiger partial charge is 0.341 e. The lowest BCUT2D eigenvalue weighted by atomic mass is 10.1. The van der Waals surface area contributed by atoms with Crippen molar-refractivity contribution in [2.75, 3.05) is 0 Å². The molecule has 0 aromatic carbocycles. The maximum absolute atomic E-state index is 11.7. The van der Waals surface area contributed by atoms with E-state index in [0.717, 1.165) is 5.01 Å². The van der Waals surface area contributed by atoms with Crippen LogP contribution in [-0.4, -0.2) is 28.8 Å². The lowest BCUT2D eigenvalue weighted by molar-refractivity contribution is 0.174. The molecule has 4 amide bonds. The van der Waals surface area contributed by atoms with Crippen LogP contribution in [0.15, 0.2) is 0 Å². The lowest BCUT2D eigenvalue weighted by Crippen LogP contribution is -2.53. The quantitative estimate of drug-likeness (QED) is 0.627. The van der Waals surface area contributed by atoms with E-state index in [1.165, 1.54) is 0 Å². The van der Waals surface area contributed by atoms with Crippen LogP contribution in [0, 0.1) is 5.92 Å².